The van der Waals surface area contributed by atoms with Crippen molar-refractivity contribution in [1.82, 2.24) is 9.29 Å². The second-order valence-electron chi connectivity index (χ2n) is 5.53. The minimum absolute atomic E-state index is 0.211. The van der Waals surface area contributed by atoms with Crippen LogP contribution in [0.4, 0.5) is 5.13 Å². The van der Waals surface area contributed by atoms with Gasteiger partial charge in [0.25, 0.3) is 5.91 Å². The lowest BCUT2D eigenvalue weighted by molar-refractivity contribution is 0.102. The average Bonchev–Trinajstić information content (AvgIpc) is 3.02. The van der Waals surface area contributed by atoms with E-state index < -0.39 is 10.0 Å². The topological polar surface area (TPSA) is 79.4 Å². The number of amides is 1. The van der Waals surface area contributed by atoms with Crippen LogP contribution in [0, 0.1) is 0 Å². The van der Waals surface area contributed by atoms with Gasteiger partial charge in [-0.2, -0.15) is 0 Å². The van der Waals surface area contributed by atoms with Crippen LogP contribution in [-0.4, -0.2) is 37.2 Å². The van der Waals surface area contributed by atoms with E-state index in [2.05, 4.69) is 26.2 Å². The molecule has 0 radical (unpaired) electrons. The number of nitrogens with one attached hydrogen (secondary N) is 1. The summed E-state index contributed by atoms with van der Waals surface area (Å²) in [6.07, 6.45) is 0. The summed E-state index contributed by atoms with van der Waals surface area (Å²) in [7, 11) is -1.98. The summed E-state index contributed by atoms with van der Waals surface area (Å²) in [5, 5.41) is 3.17. The molecule has 1 heterocycles. The van der Waals surface area contributed by atoms with E-state index >= 15 is 0 Å². The quantitative estimate of drug-likeness (QED) is 0.633. The minimum atomic E-state index is -3.52. The van der Waals surface area contributed by atoms with Crippen LogP contribution in [0.25, 0.3) is 10.2 Å². The highest BCUT2D eigenvalue weighted by Crippen LogP contribution is 2.29. The molecule has 0 saturated carbocycles. The zero-order chi connectivity index (χ0) is 18.9. The number of nitrogens with zero attached hydrogens (tertiary/aromatic N) is 2. The van der Waals surface area contributed by atoms with Crippen molar-refractivity contribution in [2.24, 2.45) is 0 Å². The van der Waals surface area contributed by atoms with E-state index in [-0.39, 0.29) is 10.8 Å². The highest BCUT2D eigenvalue weighted by atomic mass is 79.9. The lowest BCUT2D eigenvalue weighted by Crippen LogP contribution is -2.26. The molecule has 0 atom stereocenters. The summed E-state index contributed by atoms with van der Waals surface area (Å²) < 4.78 is 27.7. The van der Waals surface area contributed by atoms with E-state index in [1.807, 2.05) is 6.07 Å². The van der Waals surface area contributed by atoms with Gasteiger partial charge in [-0.15, -0.1) is 0 Å². The molecule has 0 aliphatic rings. The van der Waals surface area contributed by atoms with Gasteiger partial charge in [-0.1, -0.05) is 40.3 Å². The normalized spacial score (nSPS) is 11.8. The number of sulfonamides is 1. The van der Waals surface area contributed by atoms with Gasteiger partial charge in [-0.05, 0) is 36.4 Å². The van der Waals surface area contributed by atoms with Crippen molar-refractivity contribution in [1.29, 1.82) is 0 Å². The Kier molecular flexibility index (Phi) is 5.42. The van der Waals surface area contributed by atoms with Crippen LogP contribution in [-0.2, 0) is 10.0 Å². The zero-order valence-electron chi connectivity index (χ0n) is 14.1. The van der Waals surface area contributed by atoms with Gasteiger partial charge in [0.15, 0.2) is 5.13 Å². The Labute approximate surface area is 164 Å². The maximum atomic E-state index is 12.4. The molecule has 3 aromatic rings. The molecule has 9 heteroatoms. The molecule has 26 heavy (non-hydrogen) atoms. The fourth-order valence-corrected chi connectivity index (χ4v) is 4.85. The molecule has 0 bridgehead atoms. The minimum Gasteiger partial charge on any atom is -0.298 e. The van der Waals surface area contributed by atoms with E-state index in [9.17, 15) is 13.2 Å². The van der Waals surface area contributed by atoms with Gasteiger partial charge in [0.2, 0.25) is 10.0 Å². The van der Waals surface area contributed by atoms with Gasteiger partial charge < -0.3 is 0 Å². The number of carbonyl (C=O) groups is 1. The number of carbonyl (C=O) groups excluding carboxylic acids is 1. The molecule has 0 saturated heterocycles. The number of anilines is 1. The van der Waals surface area contributed by atoms with Crippen molar-refractivity contribution in [3.8, 4) is 0 Å². The molecule has 0 fully saturated rings. The molecule has 2 aromatic carbocycles. The number of rotatable bonds is 5. The van der Waals surface area contributed by atoms with Crippen molar-refractivity contribution in [2.75, 3.05) is 18.9 Å². The van der Waals surface area contributed by atoms with Gasteiger partial charge in [0, 0.05) is 23.6 Å². The lowest BCUT2D eigenvalue weighted by atomic mass is 10.2. The van der Waals surface area contributed by atoms with Gasteiger partial charge in [-0.3, -0.25) is 10.1 Å². The predicted octanol–water partition coefficient (Wildman–Crippen LogP) is 3.95. The standard InChI is InChI=1S/C17H16BrN3O3S2/c1-3-21(2)26(23,24)13-7-8-14-15(10-13)25-17(19-14)20-16(22)11-5-4-6-12(18)9-11/h4-10H,3H2,1-2H3,(H,19,20,22). The summed E-state index contributed by atoms with van der Waals surface area (Å²) in [5.41, 5.74) is 1.14. The molecule has 0 spiro atoms. The second-order valence-corrected chi connectivity index (χ2v) is 9.52. The van der Waals surface area contributed by atoms with Gasteiger partial charge >= 0.3 is 0 Å². The highest BCUT2D eigenvalue weighted by molar-refractivity contribution is 9.10. The molecular formula is C17H16BrN3O3S2. The van der Waals surface area contributed by atoms with Crippen LogP contribution in [0.3, 0.4) is 0 Å². The number of thiazole rings is 1. The molecule has 1 N–H and O–H groups in total. The van der Waals surface area contributed by atoms with Crippen molar-refractivity contribution in [2.45, 2.75) is 11.8 Å². The third kappa shape index (κ3) is 3.80. The third-order valence-corrected chi connectivity index (χ3v) is 7.18. The number of halogens is 1. The predicted molar refractivity (Wildman–Crippen MR) is 107 cm³/mol. The maximum Gasteiger partial charge on any atom is 0.257 e. The number of fused-ring (bicyclic) bond motifs is 1. The van der Waals surface area contributed by atoms with E-state index in [1.54, 1.807) is 37.3 Å². The summed E-state index contributed by atoms with van der Waals surface area (Å²) >= 11 is 4.57. The van der Waals surface area contributed by atoms with Gasteiger partial charge in [-0.25, -0.2) is 17.7 Å². The van der Waals surface area contributed by atoms with E-state index in [0.29, 0.717) is 27.5 Å². The first-order valence-electron chi connectivity index (χ1n) is 7.75. The van der Waals surface area contributed by atoms with Crippen LogP contribution in [0.2, 0.25) is 0 Å². The Morgan fingerprint density at radius 1 is 1.27 bits per heavy atom. The summed E-state index contributed by atoms with van der Waals surface area (Å²) in [5.74, 6) is -0.274. The third-order valence-electron chi connectivity index (χ3n) is 3.82. The van der Waals surface area contributed by atoms with E-state index in [4.69, 9.17) is 0 Å². The SMILES string of the molecule is CCN(C)S(=O)(=O)c1ccc2nc(NC(=O)c3cccc(Br)c3)sc2c1. The number of aromatic nitrogens is 1. The van der Waals surface area contributed by atoms with Crippen molar-refractivity contribution >= 4 is 58.5 Å². The molecule has 0 aliphatic heterocycles. The first-order chi connectivity index (χ1) is 12.3. The summed E-state index contributed by atoms with van der Waals surface area (Å²) in [4.78, 5) is 16.9. The van der Waals surface area contributed by atoms with Crippen LogP contribution in [0.15, 0.2) is 51.8 Å². The molecule has 136 valence electrons. The molecule has 3 rings (SSSR count). The fourth-order valence-electron chi connectivity index (χ4n) is 2.27. The number of hydrogen-bond donors (Lipinski definition) is 1. The Bertz CT molecular complexity index is 1080. The Morgan fingerprint density at radius 3 is 2.73 bits per heavy atom. The molecule has 0 unspecified atom stereocenters. The fraction of sp³-hybridized carbons (Fsp3) is 0.176. The van der Waals surface area contributed by atoms with Crippen LogP contribution in [0.5, 0.6) is 0 Å². The lowest BCUT2D eigenvalue weighted by Gasteiger charge is -2.14. The molecular weight excluding hydrogens is 438 g/mol. The Hall–Kier alpha value is -1.81. The molecule has 0 aliphatic carbocycles. The first-order valence-corrected chi connectivity index (χ1v) is 10.8. The molecule has 1 aromatic heterocycles. The number of hydrogen-bond acceptors (Lipinski definition) is 5. The van der Waals surface area contributed by atoms with Gasteiger partial charge in [0.05, 0.1) is 15.1 Å². The van der Waals surface area contributed by atoms with Crippen LogP contribution < -0.4 is 5.32 Å². The highest BCUT2D eigenvalue weighted by Gasteiger charge is 2.20. The van der Waals surface area contributed by atoms with E-state index in [1.165, 1.54) is 28.8 Å². The van der Waals surface area contributed by atoms with E-state index in [0.717, 1.165) is 4.47 Å². The monoisotopic (exact) mass is 453 g/mol. The molecule has 1 amide bonds. The summed E-state index contributed by atoms with van der Waals surface area (Å²) in [6, 6.07) is 11.8. The Morgan fingerprint density at radius 2 is 2.04 bits per heavy atom. The van der Waals surface area contributed by atoms with Crippen molar-refractivity contribution < 1.29 is 13.2 Å². The summed E-state index contributed by atoms with van der Waals surface area (Å²) in [6.45, 7) is 2.16. The van der Waals surface area contributed by atoms with Crippen LogP contribution >= 0.6 is 27.3 Å². The largest absolute Gasteiger partial charge is 0.298 e. The Balaban J connectivity index is 1.89. The van der Waals surface area contributed by atoms with Crippen LogP contribution in [0.1, 0.15) is 17.3 Å². The zero-order valence-corrected chi connectivity index (χ0v) is 17.3. The average molecular weight is 454 g/mol. The first kappa shape index (κ1) is 19.0. The smallest absolute Gasteiger partial charge is 0.257 e. The van der Waals surface area contributed by atoms with Crippen molar-refractivity contribution in [3.63, 3.8) is 0 Å². The van der Waals surface area contributed by atoms with Gasteiger partial charge in [0.1, 0.15) is 0 Å². The second kappa shape index (κ2) is 7.43. The van der Waals surface area contributed by atoms with Crippen molar-refractivity contribution in [3.05, 3.63) is 52.5 Å². The molecule has 6 nitrogen and oxygen atoms in total. The number of benzene rings is 2. The maximum absolute atomic E-state index is 12.4.